The fourth-order valence-corrected chi connectivity index (χ4v) is 8.49. The highest BCUT2D eigenvalue weighted by Gasteiger charge is 2.50. The van der Waals surface area contributed by atoms with Crippen LogP contribution in [0.5, 0.6) is 0 Å². The van der Waals surface area contributed by atoms with Gasteiger partial charge in [0.1, 0.15) is 6.17 Å². The maximum absolute atomic E-state index is 13.6. The van der Waals surface area contributed by atoms with E-state index < -0.39 is 14.5 Å². The summed E-state index contributed by atoms with van der Waals surface area (Å²) in [6.45, 7) is 7.78. The molecule has 4 heteroatoms. The third kappa shape index (κ3) is 3.71. The van der Waals surface area contributed by atoms with Crippen molar-refractivity contribution in [3.8, 4) is 0 Å². The lowest BCUT2D eigenvalue weighted by molar-refractivity contribution is 0.254. The van der Waals surface area contributed by atoms with Crippen molar-refractivity contribution in [1.29, 1.82) is 0 Å². The van der Waals surface area contributed by atoms with E-state index in [2.05, 4.69) is 74.6 Å². The molecular weight excluding hydrogens is 329 g/mol. The largest absolute Gasteiger partial charge is 0.406 e. The molecule has 2 aromatic carbocycles. The first-order chi connectivity index (χ1) is 11.9. The summed E-state index contributed by atoms with van der Waals surface area (Å²) in [5, 5.41) is 5.75. The molecule has 1 N–H and O–H groups in total. The van der Waals surface area contributed by atoms with Crippen LogP contribution in [0.4, 0.5) is 4.39 Å². The minimum absolute atomic E-state index is 0.0383. The number of rotatable bonds is 5. The van der Waals surface area contributed by atoms with Gasteiger partial charge in [0.2, 0.25) is 0 Å². The zero-order valence-corrected chi connectivity index (χ0v) is 16.3. The van der Waals surface area contributed by atoms with Gasteiger partial charge in [-0.1, -0.05) is 81.4 Å². The van der Waals surface area contributed by atoms with E-state index in [1.54, 1.807) is 0 Å². The van der Waals surface area contributed by atoms with Crippen LogP contribution in [0.25, 0.3) is 0 Å². The second-order valence-corrected chi connectivity index (χ2v) is 12.2. The lowest BCUT2D eigenvalue weighted by Crippen LogP contribution is -2.67. The molecule has 1 aliphatic rings. The zero-order valence-electron chi connectivity index (χ0n) is 15.3. The predicted octanol–water partition coefficient (Wildman–Crippen LogP) is 3.26. The Labute approximate surface area is 151 Å². The second kappa shape index (κ2) is 7.40. The van der Waals surface area contributed by atoms with Crippen LogP contribution >= 0.6 is 0 Å². The van der Waals surface area contributed by atoms with E-state index in [4.69, 9.17) is 4.43 Å². The van der Waals surface area contributed by atoms with Crippen molar-refractivity contribution in [3.05, 3.63) is 60.7 Å². The molecule has 134 valence electrons. The molecule has 1 saturated heterocycles. The number of hydrogen-bond donors (Lipinski definition) is 1. The molecule has 0 amide bonds. The summed E-state index contributed by atoms with van der Waals surface area (Å²) in [7, 11) is -2.50. The van der Waals surface area contributed by atoms with E-state index in [-0.39, 0.29) is 11.1 Å². The van der Waals surface area contributed by atoms with Crippen molar-refractivity contribution >= 4 is 18.7 Å². The molecular formula is C21H28FNOSi. The number of hydrogen-bond acceptors (Lipinski definition) is 2. The van der Waals surface area contributed by atoms with Crippen LogP contribution in [-0.2, 0) is 4.43 Å². The van der Waals surface area contributed by atoms with Crippen molar-refractivity contribution in [2.45, 2.75) is 44.4 Å². The van der Waals surface area contributed by atoms with Gasteiger partial charge in [-0.2, -0.15) is 0 Å². The molecule has 0 aliphatic carbocycles. The van der Waals surface area contributed by atoms with Crippen LogP contribution in [0.2, 0.25) is 5.04 Å². The fourth-order valence-electron chi connectivity index (χ4n) is 3.88. The van der Waals surface area contributed by atoms with Crippen LogP contribution in [0.1, 0.15) is 27.2 Å². The number of nitrogens with one attached hydrogen (secondary N) is 1. The molecule has 2 atom stereocenters. The van der Waals surface area contributed by atoms with Gasteiger partial charge in [-0.3, -0.25) is 0 Å². The van der Waals surface area contributed by atoms with Crippen molar-refractivity contribution in [2.24, 2.45) is 0 Å². The van der Waals surface area contributed by atoms with Gasteiger partial charge in [0.05, 0.1) is 6.61 Å². The Kier molecular flexibility index (Phi) is 5.42. The first-order valence-electron chi connectivity index (χ1n) is 9.06. The summed E-state index contributed by atoms with van der Waals surface area (Å²) in [6.07, 6.45) is -0.217. The van der Waals surface area contributed by atoms with Crippen LogP contribution in [-0.4, -0.2) is 33.7 Å². The molecule has 0 saturated carbocycles. The molecule has 1 fully saturated rings. The third-order valence-electron chi connectivity index (χ3n) is 5.09. The lowest BCUT2D eigenvalue weighted by atomic mass is 10.2. The monoisotopic (exact) mass is 357 g/mol. The van der Waals surface area contributed by atoms with Gasteiger partial charge in [-0.25, -0.2) is 4.39 Å². The molecule has 0 radical (unpaired) electrons. The van der Waals surface area contributed by atoms with Gasteiger partial charge >= 0.3 is 0 Å². The van der Waals surface area contributed by atoms with Crippen LogP contribution in [0.15, 0.2) is 60.7 Å². The van der Waals surface area contributed by atoms with E-state index in [9.17, 15) is 4.39 Å². The van der Waals surface area contributed by atoms with Crippen molar-refractivity contribution < 1.29 is 8.82 Å². The number of benzene rings is 2. The highest BCUT2D eigenvalue weighted by Crippen LogP contribution is 2.37. The van der Waals surface area contributed by atoms with Crippen molar-refractivity contribution in [1.82, 2.24) is 5.32 Å². The van der Waals surface area contributed by atoms with E-state index in [1.165, 1.54) is 10.4 Å². The fraction of sp³-hybridized carbons (Fsp3) is 0.429. The molecule has 0 spiro atoms. The van der Waals surface area contributed by atoms with Crippen LogP contribution in [0, 0.1) is 0 Å². The van der Waals surface area contributed by atoms with Gasteiger partial charge in [0, 0.05) is 12.6 Å². The van der Waals surface area contributed by atoms with Crippen LogP contribution < -0.4 is 15.7 Å². The maximum atomic E-state index is 13.6. The summed E-state index contributed by atoms with van der Waals surface area (Å²) >= 11 is 0. The Morgan fingerprint density at radius 3 is 1.92 bits per heavy atom. The average Bonchev–Trinajstić information content (AvgIpc) is 3.02. The van der Waals surface area contributed by atoms with Crippen molar-refractivity contribution in [2.75, 3.05) is 13.2 Å². The molecule has 25 heavy (non-hydrogen) atoms. The Hall–Kier alpha value is -1.49. The molecule has 0 unspecified atom stereocenters. The zero-order chi connectivity index (χ0) is 17.9. The van der Waals surface area contributed by atoms with Gasteiger partial charge in [-0.05, 0) is 21.8 Å². The quantitative estimate of drug-likeness (QED) is 0.830. The Morgan fingerprint density at radius 1 is 1.00 bits per heavy atom. The summed E-state index contributed by atoms with van der Waals surface area (Å²) in [5.74, 6) is 0. The van der Waals surface area contributed by atoms with Gasteiger partial charge in [-0.15, -0.1) is 0 Å². The standard InChI is InChI=1S/C21H28FNOSi/c1-21(2,3)25(19-10-6-4-7-11-19,20-12-8-5-9-13-20)24-16-18-14-17(22)15-23-18/h4-13,17-18,23H,14-16H2,1-3H3/t17-,18+/m1/s1. The van der Waals surface area contributed by atoms with Crippen LogP contribution in [0.3, 0.4) is 0 Å². The van der Waals surface area contributed by atoms with E-state index in [1.807, 2.05) is 12.1 Å². The molecule has 1 aliphatic heterocycles. The molecule has 2 aromatic rings. The maximum Gasteiger partial charge on any atom is 0.261 e. The van der Waals surface area contributed by atoms with E-state index in [0.717, 1.165) is 0 Å². The minimum Gasteiger partial charge on any atom is -0.406 e. The molecule has 1 heterocycles. The first-order valence-corrected chi connectivity index (χ1v) is 11.0. The normalized spacial score (nSPS) is 21.4. The third-order valence-corrected chi connectivity index (χ3v) is 10.1. The first kappa shape index (κ1) is 18.3. The van der Waals surface area contributed by atoms with Gasteiger partial charge in [0.15, 0.2) is 0 Å². The summed E-state index contributed by atoms with van der Waals surface area (Å²) in [6, 6.07) is 21.3. The molecule has 3 rings (SSSR count). The SMILES string of the molecule is CC(C)(C)[Si](OC[C@@H]1C[C@@H](F)CN1)(c1ccccc1)c1ccccc1. The molecule has 0 aromatic heterocycles. The number of alkyl halides is 1. The number of halogens is 1. The summed E-state index contributed by atoms with van der Waals surface area (Å²) in [4.78, 5) is 0. The highest BCUT2D eigenvalue weighted by atomic mass is 28.4. The summed E-state index contributed by atoms with van der Waals surface area (Å²) in [5.41, 5.74) is 0. The average molecular weight is 358 g/mol. The second-order valence-electron chi connectivity index (χ2n) is 7.91. The lowest BCUT2D eigenvalue weighted by Gasteiger charge is -2.43. The topological polar surface area (TPSA) is 21.3 Å². The minimum atomic E-state index is -2.50. The van der Waals surface area contributed by atoms with Gasteiger partial charge < -0.3 is 9.74 Å². The molecule has 2 nitrogen and oxygen atoms in total. The molecule has 0 bridgehead atoms. The van der Waals surface area contributed by atoms with E-state index >= 15 is 0 Å². The Morgan fingerprint density at radius 2 is 1.52 bits per heavy atom. The Bertz CT molecular complexity index is 632. The highest BCUT2D eigenvalue weighted by molar-refractivity contribution is 6.99. The predicted molar refractivity (Wildman–Crippen MR) is 105 cm³/mol. The Balaban J connectivity index is 2.02. The van der Waals surface area contributed by atoms with E-state index in [0.29, 0.717) is 19.6 Å². The smallest absolute Gasteiger partial charge is 0.261 e. The van der Waals surface area contributed by atoms with Gasteiger partial charge in [0.25, 0.3) is 8.32 Å². The summed E-state index contributed by atoms with van der Waals surface area (Å²) < 4.78 is 20.4. The van der Waals surface area contributed by atoms with Crippen molar-refractivity contribution in [3.63, 3.8) is 0 Å².